The smallest absolute Gasteiger partial charge is 0.409 e. The van der Waals surface area contributed by atoms with Crippen molar-refractivity contribution in [3.05, 3.63) is 0 Å². The molecule has 1 fully saturated rings. The van der Waals surface area contributed by atoms with Crippen LogP contribution in [-0.2, 0) is 4.74 Å². The minimum atomic E-state index is -0.243. The highest BCUT2D eigenvalue weighted by Gasteiger charge is 2.25. The average Bonchev–Trinajstić information content (AvgIpc) is 2.63. The Bertz CT molecular complexity index is 197. The molecule has 1 aliphatic heterocycles. The maximum Gasteiger partial charge on any atom is 0.409 e. The third-order valence-corrected chi connectivity index (χ3v) is 2.88. The van der Waals surface area contributed by atoms with Crippen LogP contribution in [-0.4, -0.2) is 55.7 Å². The largest absolute Gasteiger partial charge is 0.453 e. The van der Waals surface area contributed by atoms with Crippen molar-refractivity contribution in [1.29, 1.82) is 0 Å². The molecule has 0 radical (unpaired) electrons. The lowest BCUT2D eigenvalue weighted by atomic mass is 10.2. The first-order valence-electron chi connectivity index (χ1n) is 5.22. The van der Waals surface area contributed by atoms with E-state index in [2.05, 4.69) is 16.6 Å². The number of rotatable bonds is 3. The van der Waals surface area contributed by atoms with Crippen LogP contribution in [0.15, 0.2) is 0 Å². The van der Waals surface area contributed by atoms with E-state index in [-0.39, 0.29) is 6.09 Å². The van der Waals surface area contributed by atoms with Crippen LogP contribution >= 0.6 is 0 Å². The van der Waals surface area contributed by atoms with Gasteiger partial charge in [-0.2, -0.15) is 0 Å². The molecule has 0 aromatic rings. The Hall–Kier alpha value is -0.770. The van der Waals surface area contributed by atoms with Gasteiger partial charge in [0.25, 0.3) is 0 Å². The van der Waals surface area contributed by atoms with E-state index in [1.807, 2.05) is 0 Å². The fourth-order valence-corrected chi connectivity index (χ4v) is 2.06. The molecule has 0 spiro atoms. The molecule has 0 saturated carbocycles. The predicted molar refractivity (Wildman–Crippen MR) is 55.3 cm³/mol. The van der Waals surface area contributed by atoms with E-state index in [1.165, 1.54) is 20.0 Å². The first-order chi connectivity index (χ1) is 6.69. The summed E-state index contributed by atoms with van der Waals surface area (Å²) in [5.41, 5.74) is 0. The summed E-state index contributed by atoms with van der Waals surface area (Å²) in [6, 6.07) is 0.518. The zero-order valence-electron chi connectivity index (χ0n) is 9.32. The summed E-state index contributed by atoms with van der Waals surface area (Å²) in [6.07, 6.45) is 2.19. The molecule has 0 bridgehead atoms. The molecule has 4 heteroatoms. The van der Waals surface area contributed by atoms with Crippen molar-refractivity contribution in [1.82, 2.24) is 9.80 Å². The minimum Gasteiger partial charge on any atom is -0.453 e. The van der Waals surface area contributed by atoms with Gasteiger partial charge in [-0.05, 0) is 25.9 Å². The van der Waals surface area contributed by atoms with Crippen LogP contribution in [0.25, 0.3) is 0 Å². The number of methoxy groups -OCH3 is 1. The molecule has 1 atom stereocenters. The van der Waals surface area contributed by atoms with Gasteiger partial charge >= 0.3 is 6.09 Å². The summed E-state index contributed by atoms with van der Waals surface area (Å²) >= 11 is 0. The topological polar surface area (TPSA) is 32.8 Å². The van der Waals surface area contributed by atoms with Gasteiger partial charge < -0.3 is 9.64 Å². The van der Waals surface area contributed by atoms with Crippen molar-refractivity contribution in [3.63, 3.8) is 0 Å². The van der Waals surface area contributed by atoms with Gasteiger partial charge in [0, 0.05) is 19.6 Å². The molecule has 0 aromatic carbocycles. The van der Waals surface area contributed by atoms with Crippen LogP contribution in [0.2, 0.25) is 0 Å². The van der Waals surface area contributed by atoms with Crippen molar-refractivity contribution >= 4 is 6.09 Å². The summed E-state index contributed by atoms with van der Waals surface area (Å²) in [5, 5.41) is 0. The van der Waals surface area contributed by atoms with Gasteiger partial charge in [0.2, 0.25) is 0 Å². The Morgan fingerprint density at radius 2 is 2.36 bits per heavy atom. The second kappa shape index (κ2) is 5.20. The highest BCUT2D eigenvalue weighted by atomic mass is 16.5. The first kappa shape index (κ1) is 11.3. The van der Waals surface area contributed by atoms with Crippen LogP contribution < -0.4 is 0 Å². The molecule has 0 N–H and O–H groups in total. The van der Waals surface area contributed by atoms with Gasteiger partial charge in [-0.3, -0.25) is 4.90 Å². The molecule has 1 rings (SSSR count). The van der Waals surface area contributed by atoms with Crippen molar-refractivity contribution in [2.75, 3.05) is 33.8 Å². The Balaban J connectivity index is 2.39. The number of hydrogen-bond acceptors (Lipinski definition) is 3. The number of carbonyl (C=O) groups excluding carboxylic acids is 1. The highest BCUT2D eigenvalue weighted by Crippen LogP contribution is 2.17. The van der Waals surface area contributed by atoms with Crippen LogP contribution in [0.3, 0.4) is 0 Å². The lowest BCUT2D eigenvalue weighted by Gasteiger charge is -2.26. The van der Waals surface area contributed by atoms with Gasteiger partial charge in [0.05, 0.1) is 7.11 Å². The Labute approximate surface area is 85.8 Å². The van der Waals surface area contributed by atoms with Crippen LogP contribution in [0, 0.1) is 0 Å². The van der Waals surface area contributed by atoms with E-state index in [1.54, 1.807) is 11.9 Å². The molecule has 82 valence electrons. The van der Waals surface area contributed by atoms with E-state index < -0.39 is 0 Å². The average molecular weight is 200 g/mol. The van der Waals surface area contributed by atoms with E-state index in [0.717, 1.165) is 19.6 Å². The molecule has 1 amide bonds. The Morgan fingerprint density at radius 3 is 2.93 bits per heavy atom. The lowest BCUT2D eigenvalue weighted by Crippen LogP contribution is -2.41. The molecule has 1 aliphatic rings. The highest BCUT2D eigenvalue weighted by molar-refractivity contribution is 5.66. The number of nitrogens with zero attached hydrogens (tertiary/aromatic N) is 2. The maximum atomic E-state index is 11.2. The second-order valence-electron chi connectivity index (χ2n) is 3.78. The number of likely N-dealkylation sites (tertiary alicyclic amines) is 1. The van der Waals surface area contributed by atoms with Gasteiger partial charge in [0.15, 0.2) is 0 Å². The number of hydrogen-bond donors (Lipinski definition) is 0. The fourth-order valence-electron chi connectivity index (χ4n) is 2.06. The van der Waals surface area contributed by atoms with Crippen molar-refractivity contribution in [2.45, 2.75) is 25.8 Å². The zero-order chi connectivity index (χ0) is 10.6. The van der Waals surface area contributed by atoms with Crippen molar-refractivity contribution in [2.24, 2.45) is 0 Å². The fraction of sp³-hybridized carbons (Fsp3) is 0.900. The third-order valence-electron chi connectivity index (χ3n) is 2.88. The van der Waals surface area contributed by atoms with Crippen LogP contribution in [0.1, 0.15) is 19.8 Å². The van der Waals surface area contributed by atoms with Crippen LogP contribution in [0.4, 0.5) is 4.79 Å². The predicted octanol–water partition coefficient (Wildman–Crippen LogP) is 1.17. The molecule has 1 saturated heterocycles. The number of ether oxygens (including phenoxy) is 1. The first-order valence-corrected chi connectivity index (χ1v) is 5.22. The van der Waals surface area contributed by atoms with E-state index in [0.29, 0.717) is 6.04 Å². The Kier molecular flexibility index (Phi) is 4.20. The van der Waals surface area contributed by atoms with Gasteiger partial charge in [-0.1, -0.05) is 6.92 Å². The summed E-state index contributed by atoms with van der Waals surface area (Å²) in [7, 11) is 3.21. The molecule has 1 heterocycles. The van der Waals surface area contributed by atoms with E-state index in [9.17, 15) is 4.79 Å². The number of likely N-dealkylation sites (N-methyl/N-ethyl adjacent to an activating group) is 2. The molecule has 1 unspecified atom stereocenters. The van der Waals surface area contributed by atoms with Crippen molar-refractivity contribution < 1.29 is 9.53 Å². The van der Waals surface area contributed by atoms with Crippen LogP contribution in [0.5, 0.6) is 0 Å². The SMILES string of the molecule is CCN1CCCC1CN(C)C(=O)OC. The summed E-state index contributed by atoms with van der Waals surface area (Å²) in [5.74, 6) is 0. The Morgan fingerprint density at radius 1 is 1.64 bits per heavy atom. The van der Waals surface area contributed by atoms with Gasteiger partial charge in [0.1, 0.15) is 0 Å². The monoisotopic (exact) mass is 200 g/mol. The summed E-state index contributed by atoms with van der Waals surface area (Å²) in [4.78, 5) is 15.2. The van der Waals surface area contributed by atoms with Gasteiger partial charge in [-0.15, -0.1) is 0 Å². The quantitative estimate of drug-likeness (QED) is 0.685. The number of amides is 1. The molecule has 0 aromatic heterocycles. The lowest BCUT2D eigenvalue weighted by molar-refractivity contribution is 0.120. The number of carbonyl (C=O) groups is 1. The standard InChI is InChI=1S/C10H20N2O2/c1-4-12-7-5-6-9(12)8-11(2)10(13)14-3/h9H,4-8H2,1-3H3. The zero-order valence-corrected chi connectivity index (χ0v) is 9.32. The third kappa shape index (κ3) is 2.61. The second-order valence-corrected chi connectivity index (χ2v) is 3.78. The van der Waals surface area contributed by atoms with E-state index >= 15 is 0 Å². The van der Waals surface area contributed by atoms with Gasteiger partial charge in [-0.25, -0.2) is 4.79 Å². The summed E-state index contributed by atoms with van der Waals surface area (Å²) in [6.45, 7) is 5.17. The minimum absolute atomic E-state index is 0.243. The molecular formula is C10H20N2O2. The summed E-state index contributed by atoms with van der Waals surface area (Å²) < 4.78 is 4.66. The molecule has 14 heavy (non-hydrogen) atoms. The molecule has 0 aliphatic carbocycles. The normalized spacial score (nSPS) is 22.4. The molecular weight excluding hydrogens is 180 g/mol. The maximum absolute atomic E-state index is 11.2. The van der Waals surface area contributed by atoms with Crippen molar-refractivity contribution in [3.8, 4) is 0 Å². The van der Waals surface area contributed by atoms with E-state index in [4.69, 9.17) is 0 Å². The molecule has 4 nitrogen and oxygen atoms in total.